The van der Waals surface area contributed by atoms with Crippen LogP contribution >= 0.6 is 0 Å². The Hall–Kier alpha value is -2.73. The van der Waals surface area contributed by atoms with Crippen molar-refractivity contribution in [3.8, 4) is 0 Å². The van der Waals surface area contributed by atoms with Crippen molar-refractivity contribution >= 4 is 17.9 Å². The molecule has 24 heavy (non-hydrogen) atoms. The lowest BCUT2D eigenvalue weighted by atomic mass is 10.0. The van der Waals surface area contributed by atoms with E-state index in [1.165, 1.54) is 16.7 Å². The number of amidine groups is 1. The van der Waals surface area contributed by atoms with Crippen LogP contribution in [0.2, 0.25) is 0 Å². The van der Waals surface area contributed by atoms with E-state index in [1.807, 2.05) is 12.1 Å². The first-order chi connectivity index (χ1) is 11.7. The average molecular weight is 322 g/mol. The van der Waals surface area contributed by atoms with Gasteiger partial charge in [-0.25, -0.2) is 9.98 Å². The molecule has 0 saturated heterocycles. The highest BCUT2D eigenvalue weighted by Gasteiger charge is 2.25. The third-order valence-corrected chi connectivity index (χ3v) is 4.03. The first kappa shape index (κ1) is 16.1. The van der Waals surface area contributed by atoms with E-state index in [9.17, 15) is 0 Å². The van der Waals surface area contributed by atoms with Gasteiger partial charge >= 0.3 is 0 Å². The van der Waals surface area contributed by atoms with Gasteiger partial charge in [-0.15, -0.1) is 0 Å². The topological polar surface area (TPSA) is 64.9 Å². The lowest BCUT2D eigenvalue weighted by Crippen LogP contribution is -2.51. The molecule has 1 atom stereocenters. The number of benzene rings is 1. The van der Waals surface area contributed by atoms with E-state index in [0.29, 0.717) is 0 Å². The van der Waals surface area contributed by atoms with Gasteiger partial charge < -0.3 is 10.3 Å². The summed E-state index contributed by atoms with van der Waals surface area (Å²) in [6, 6.07) is 10.1. The lowest BCUT2D eigenvalue weighted by molar-refractivity contribution is 0.293. The van der Waals surface area contributed by atoms with Gasteiger partial charge in [0.05, 0.1) is 5.69 Å². The van der Waals surface area contributed by atoms with Crippen LogP contribution in [0, 0.1) is 13.8 Å². The van der Waals surface area contributed by atoms with Crippen LogP contribution in [-0.4, -0.2) is 34.9 Å². The van der Waals surface area contributed by atoms with E-state index in [0.717, 1.165) is 18.1 Å². The molecule has 1 unspecified atom stereocenters. The molecule has 124 valence electrons. The first-order valence-corrected chi connectivity index (χ1v) is 8.05. The monoisotopic (exact) mass is 322 g/mol. The van der Waals surface area contributed by atoms with Crippen molar-refractivity contribution in [3.05, 3.63) is 59.4 Å². The molecule has 3 rings (SSSR count). The fourth-order valence-corrected chi connectivity index (χ4v) is 2.82. The molecular formula is C18H22N6. The third-order valence-electron chi connectivity index (χ3n) is 4.03. The average Bonchev–Trinajstić information content (AvgIpc) is 2.61. The summed E-state index contributed by atoms with van der Waals surface area (Å²) in [7, 11) is 0. The van der Waals surface area contributed by atoms with E-state index in [-0.39, 0.29) is 6.29 Å². The van der Waals surface area contributed by atoms with Gasteiger partial charge in [-0.3, -0.25) is 4.98 Å². The Kier molecular flexibility index (Phi) is 4.86. The number of aryl methyl sites for hydroxylation is 2. The minimum Gasteiger partial charge on any atom is -0.321 e. The molecule has 0 bridgehead atoms. The maximum atomic E-state index is 4.55. The highest BCUT2D eigenvalue weighted by atomic mass is 15.5. The summed E-state index contributed by atoms with van der Waals surface area (Å²) in [5, 5.41) is 0. The molecule has 2 aromatic rings. The summed E-state index contributed by atoms with van der Waals surface area (Å²) in [5.74, 6) is 0.942. The molecule has 1 aromatic carbocycles. The molecule has 0 aliphatic carbocycles. The number of aliphatic imine (C=N–C) groups is 2. The number of rotatable bonds is 5. The van der Waals surface area contributed by atoms with Gasteiger partial charge in [0.25, 0.3) is 0 Å². The minimum absolute atomic E-state index is 0.227. The van der Waals surface area contributed by atoms with Crippen molar-refractivity contribution in [2.45, 2.75) is 27.1 Å². The number of hydrogen-bond donors (Lipinski definition) is 2. The van der Waals surface area contributed by atoms with E-state index < -0.39 is 0 Å². The molecule has 1 aromatic heterocycles. The Labute approximate surface area is 142 Å². The Morgan fingerprint density at radius 1 is 1.08 bits per heavy atom. The Bertz CT molecular complexity index is 733. The smallest absolute Gasteiger partial charge is 0.195 e. The zero-order valence-electron chi connectivity index (χ0n) is 14.2. The second kappa shape index (κ2) is 7.23. The zero-order chi connectivity index (χ0) is 16.9. The van der Waals surface area contributed by atoms with Gasteiger partial charge in [0.15, 0.2) is 6.29 Å². The summed E-state index contributed by atoms with van der Waals surface area (Å²) < 4.78 is 0. The van der Waals surface area contributed by atoms with Crippen LogP contribution in [0.5, 0.6) is 0 Å². The quantitative estimate of drug-likeness (QED) is 0.831. The molecule has 6 nitrogen and oxygen atoms in total. The van der Waals surface area contributed by atoms with Crippen molar-refractivity contribution in [1.82, 2.24) is 15.3 Å². The summed E-state index contributed by atoms with van der Waals surface area (Å²) >= 11 is 0. The minimum atomic E-state index is -0.227. The Balaban J connectivity index is 1.82. The second-order valence-corrected chi connectivity index (χ2v) is 5.65. The van der Waals surface area contributed by atoms with Crippen molar-refractivity contribution in [2.75, 3.05) is 12.0 Å². The largest absolute Gasteiger partial charge is 0.321 e. The summed E-state index contributed by atoms with van der Waals surface area (Å²) in [4.78, 5) is 15.2. The van der Waals surface area contributed by atoms with E-state index in [4.69, 9.17) is 0 Å². The fraction of sp³-hybridized carbons (Fsp3) is 0.278. The molecule has 0 amide bonds. The van der Waals surface area contributed by atoms with Crippen LogP contribution in [0.1, 0.15) is 23.6 Å². The summed E-state index contributed by atoms with van der Waals surface area (Å²) in [6.45, 7) is 7.12. The van der Waals surface area contributed by atoms with Gasteiger partial charge in [0.2, 0.25) is 0 Å². The van der Waals surface area contributed by atoms with E-state index in [1.54, 1.807) is 18.7 Å². The normalized spacial score (nSPS) is 16.9. The number of hydrogen-bond acceptors (Lipinski definition) is 6. The van der Waals surface area contributed by atoms with E-state index in [2.05, 4.69) is 69.7 Å². The molecular weight excluding hydrogens is 300 g/mol. The van der Waals surface area contributed by atoms with Gasteiger partial charge in [-0.1, -0.05) is 18.2 Å². The van der Waals surface area contributed by atoms with Gasteiger partial charge in [0, 0.05) is 24.5 Å². The molecule has 0 fully saturated rings. The van der Waals surface area contributed by atoms with Crippen LogP contribution in [0.25, 0.3) is 0 Å². The molecule has 1 aliphatic rings. The van der Waals surface area contributed by atoms with Gasteiger partial charge in [-0.05, 0) is 44.0 Å². The summed E-state index contributed by atoms with van der Waals surface area (Å²) in [5.41, 5.74) is 11.0. The van der Waals surface area contributed by atoms with Crippen LogP contribution in [0.3, 0.4) is 0 Å². The van der Waals surface area contributed by atoms with Crippen molar-refractivity contribution in [3.63, 3.8) is 0 Å². The number of nitrogens with one attached hydrogen (secondary N) is 2. The predicted molar refractivity (Wildman–Crippen MR) is 98.1 cm³/mol. The molecule has 1 aliphatic heterocycles. The number of nitrogens with zero attached hydrogens (tertiary/aromatic N) is 4. The molecule has 0 radical (unpaired) electrons. The maximum absolute atomic E-state index is 4.55. The van der Waals surface area contributed by atoms with E-state index >= 15 is 0 Å². The number of hydrazine groups is 1. The predicted octanol–water partition coefficient (Wildman–Crippen LogP) is 2.71. The van der Waals surface area contributed by atoms with Crippen LogP contribution in [0.4, 0.5) is 5.69 Å². The van der Waals surface area contributed by atoms with Crippen LogP contribution in [-0.2, 0) is 0 Å². The molecule has 2 N–H and O–H groups in total. The number of anilines is 1. The Morgan fingerprint density at radius 3 is 2.46 bits per heavy atom. The van der Waals surface area contributed by atoms with Gasteiger partial charge in [0.1, 0.15) is 12.2 Å². The SMILES string of the molecule is CCN1C(c2c(C)cccc2C)=NC=NC1NNc1ccncc1. The van der Waals surface area contributed by atoms with Gasteiger partial charge in [-0.2, -0.15) is 5.43 Å². The fourth-order valence-electron chi connectivity index (χ4n) is 2.82. The number of pyridine rings is 1. The molecule has 6 heteroatoms. The lowest BCUT2D eigenvalue weighted by Gasteiger charge is -2.34. The van der Waals surface area contributed by atoms with Crippen LogP contribution in [0.15, 0.2) is 52.7 Å². The highest BCUT2D eigenvalue weighted by molar-refractivity contribution is 6.05. The molecule has 0 saturated carbocycles. The van der Waals surface area contributed by atoms with Crippen LogP contribution < -0.4 is 10.9 Å². The highest BCUT2D eigenvalue weighted by Crippen LogP contribution is 2.19. The summed E-state index contributed by atoms with van der Waals surface area (Å²) in [6.07, 6.45) is 4.89. The third kappa shape index (κ3) is 3.28. The Morgan fingerprint density at radius 2 is 1.79 bits per heavy atom. The van der Waals surface area contributed by atoms with Crippen molar-refractivity contribution in [1.29, 1.82) is 0 Å². The molecule has 2 heterocycles. The standard InChI is InChI=1S/C18H22N6/c1-4-24-17(16-13(2)6-5-7-14(16)3)20-12-21-18(24)23-22-15-8-10-19-11-9-15/h5-12,18,23H,4H2,1-3H3,(H,19,22). The maximum Gasteiger partial charge on any atom is 0.195 e. The molecule has 0 spiro atoms. The first-order valence-electron chi connectivity index (χ1n) is 8.05. The zero-order valence-corrected chi connectivity index (χ0v) is 14.2. The van der Waals surface area contributed by atoms with Crippen molar-refractivity contribution < 1.29 is 0 Å². The number of aromatic nitrogens is 1. The second-order valence-electron chi connectivity index (χ2n) is 5.65. The van der Waals surface area contributed by atoms with Crippen molar-refractivity contribution in [2.24, 2.45) is 9.98 Å².